The molecule has 0 amide bonds. The molecule has 66 heavy (non-hydrogen) atoms. The monoisotopic (exact) mass is 940 g/mol. The van der Waals surface area contributed by atoms with Crippen LogP contribution in [0.25, 0.3) is 12.2 Å². The molecule has 0 unspecified atom stereocenters. The summed E-state index contributed by atoms with van der Waals surface area (Å²) in [5, 5.41) is 24.4. The van der Waals surface area contributed by atoms with Crippen molar-refractivity contribution in [1.29, 1.82) is 0 Å². The molecule has 2 aliphatic rings. The first-order valence-electron chi connectivity index (χ1n) is 19.3. The minimum absolute atomic E-state index is 0. The van der Waals surface area contributed by atoms with E-state index in [1.807, 2.05) is 121 Å². The van der Waals surface area contributed by atoms with E-state index >= 15 is 0 Å². The van der Waals surface area contributed by atoms with E-state index in [4.69, 9.17) is 0 Å². The van der Waals surface area contributed by atoms with Gasteiger partial charge in [-0.25, -0.2) is 27.7 Å². The fraction of sp³-hybridized carbons (Fsp3) is 0. The van der Waals surface area contributed by atoms with Crippen molar-refractivity contribution in [2.75, 3.05) is 32.1 Å². The van der Waals surface area contributed by atoms with E-state index in [0.717, 1.165) is 34.9 Å². The Balaban J connectivity index is 0.00000360. The molecule has 0 saturated carbocycles. The summed E-state index contributed by atoms with van der Waals surface area (Å²) in [6.45, 7) is 0. The van der Waals surface area contributed by atoms with E-state index in [1.54, 1.807) is 12.2 Å². The van der Waals surface area contributed by atoms with Gasteiger partial charge in [0.2, 0.25) is 0 Å². The second-order valence-electron chi connectivity index (χ2n) is 13.9. The molecule has 0 atom stereocenters. The standard InChI is InChI=1S/C44H40N12O6S2.2Na/c57-63(58,59)39-27-37(49-55-51-41(45-33-13-5-1-6-14-33)29-42(52-55)46-34-15-7-2-8-16-34)25-23-31(39)21-22-32-24-26-38(28-40(32)64(60,61)62)50-56-53-43(47-35-17-9-3-10-18-35)30-44(54-56)48-36-19-11-4-12-20-36;;/h1-30,45,47,49-51,53H,(H,46,52)(H,48,54)(H,57,58,59)(H,60,61,62);;/q;2*+1/p-2/b22-21+;;. The van der Waals surface area contributed by atoms with Gasteiger partial charge in [-0.05, 0) is 83.9 Å². The fourth-order valence-corrected chi connectivity index (χ4v) is 7.67. The van der Waals surface area contributed by atoms with Gasteiger partial charge in [0.05, 0.1) is 21.2 Å². The van der Waals surface area contributed by atoms with E-state index < -0.39 is 30.0 Å². The Morgan fingerprint density at radius 2 is 0.758 bits per heavy atom. The topological polar surface area (TPSA) is 242 Å². The molecular weight excluding hydrogens is 903 g/mol. The third kappa shape index (κ3) is 13.6. The predicted octanol–water partition coefficient (Wildman–Crippen LogP) is 0.726. The number of para-hydroxylation sites is 4. The Morgan fingerprint density at radius 1 is 0.439 bits per heavy atom. The number of hydrogen-bond acceptors (Lipinski definition) is 18. The summed E-state index contributed by atoms with van der Waals surface area (Å²) in [6, 6.07) is 45.3. The minimum atomic E-state index is -5.10. The summed E-state index contributed by atoms with van der Waals surface area (Å²) in [6.07, 6.45) is 5.93. The van der Waals surface area contributed by atoms with E-state index in [-0.39, 0.29) is 81.6 Å². The molecular formula is C44H38N12Na2O6S2. The molecule has 0 aromatic heterocycles. The van der Waals surface area contributed by atoms with Gasteiger partial charge in [0.1, 0.15) is 31.9 Å². The van der Waals surface area contributed by atoms with Crippen molar-refractivity contribution in [3.8, 4) is 0 Å². The molecule has 6 aromatic carbocycles. The first-order chi connectivity index (χ1) is 30.9. The van der Waals surface area contributed by atoms with Gasteiger partial charge in [-0.1, -0.05) is 97.1 Å². The molecule has 18 nitrogen and oxygen atoms in total. The van der Waals surface area contributed by atoms with Crippen LogP contribution in [0, 0.1) is 0 Å². The van der Waals surface area contributed by atoms with Crippen molar-refractivity contribution in [1.82, 2.24) is 21.3 Å². The second kappa shape index (κ2) is 22.3. The Morgan fingerprint density at radius 3 is 1.08 bits per heavy atom. The molecule has 0 radical (unpaired) electrons. The maximum atomic E-state index is 12.6. The number of anilines is 6. The average Bonchev–Trinajstić information content (AvgIpc) is 3.27. The molecule has 324 valence electrons. The molecule has 0 aliphatic carbocycles. The van der Waals surface area contributed by atoms with Gasteiger partial charge >= 0.3 is 59.1 Å². The van der Waals surface area contributed by atoms with Crippen LogP contribution in [0.3, 0.4) is 0 Å². The maximum absolute atomic E-state index is 12.6. The third-order valence-corrected chi connectivity index (χ3v) is 10.9. The van der Waals surface area contributed by atoms with Crippen molar-refractivity contribution in [2.45, 2.75) is 9.79 Å². The van der Waals surface area contributed by atoms with Gasteiger partial charge in [-0.3, -0.25) is 10.9 Å². The zero-order chi connectivity index (χ0) is 44.5. The Labute approximate surface area is 425 Å². The van der Waals surface area contributed by atoms with Gasteiger partial charge in [0.25, 0.3) is 0 Å². The van der Waals surface area contributed by atoms with Crippen LogP contribution in [0.4, 0.5) is 34.1 Å². The van der Waals surface area contributed by atoms with Crippen molar-refractivity contribution < 1.29 is 85.1 Å². The number of amidine groups is 2. The zero-order valence-electron chi connectivity index (χ0n) is 35.4. The Bertz CT molecular complexity index is 2820. The number of hydrogen-bond donors (Lipinski definition) is 8. The van der Waals surface area contributed by atoms with Crippen LogP contribution in [0.5, 0.6) is 0 Å². The van der Waals surface area contributed by atoms with Crippen LogP contribution in [-0.2, 0) is 20.2 Å². The van der Waals surface area contributed by atoms with Crippen LogP contribution in [0.2, 0.25) is 0 Å². The van der Waals surface area contributed by atoms with Crippen LogP contribution in [0.1, 0.15) is 11.1 Å². The number of hydrazine groups is 4. The first-order valence-corrected chi connectivity index (χ1v) is 22.2. The molecule has 0 bridgehead atoms. The molecule has 6 aromatic rings. The summed E-state index contributed by atoms with van der Waals surface area (Å²) in [7, 11) is -10.2. The molecule has 2 heterocycles. The Kier molecular flexibility index (Phi) is 16.6. The minimum Gasteiger partial charge on any atom is -0.744 e. The first kappa shape index (κ1) is 49.1. The van der Waals surface area contributed by atoms with E-state index in [1.165, 1.54) is 46.9 Å². The van der Waals surface area contributed by atoms with E-state index in [0.29, 0.717) is 23.3 Å². The molecule has 0 saturated heterocycles. The normalized spacial score (nSPS) is 13.5. The number of rotatable bonds is 14. The number of hydrazone groups is 2. The molecule has 8 rings (SSSR count). The molecule has 8 N–H and O–H groups in total. The summed E-state index contributed by atoms with van der Waals surface area (Å²) in [4.78, 5) is -1.25. The Hall–Kier alpha value is -6.30. The average molecular weight is 941 g/mol. The molecule has 22 heteroatoms. The van der Waals surface area contributed by atoms with E-state index in [9.17, 15) is 25.9 Å². The van der Waals surface area contributed by atoms with Crippen molar-refractivity contribution in [2.24, 2.45) is 10.2 Å². The summed E-state index contributed by atoms with van der Waals surface area (Å²) in [5.41, 5.74) is 15.3. The van der Waals surface area contributed by atoms with Gasteiger partial charge in [-0.15, -0.1) is 20.7 Å². The number of nitrogens with zero attached hydrogens (tertiary/aromatic N) is 4. The second-order valence-corrected chi connectivity index (χ2v) is 16.6. The van der Waals surface area contributed by atoms with Crippen LogP contribution < -0.4 is 102 Å². The summed E-state index contributed by atoms with van der Waals surface area (Å²) < 4.78 is 75.8. The number of nitrogens with one attached hydrogen (secondary N) is 8. The van der Waals surface area contributed by atoms with Crippen LogP contribution in [0.15, 0.2) is 202 Å². The van der Waals surface area contributed by atoms with Crippen LogP contribution in [-0.4, -0.2) is 48.1 Å². The number of benzene rings is 6. The van der Waals surface area contributed by atoms with E-state index in [2.05, 4.69) is 53.2 Å². The third-order valence-electron chi connectivity index (χ3n) is 9.11. The van der Waals surface area contributed by atoms with Gasteiger partial charge in [0.15, 0.2) is 11.7 Å². The maximum Gasteiger partial charge on any atom is 1.00 e. The molecule has 0 spiro atoms. The van der Waals surface area contributed by atoms with Crippen molar-refractivity contribution in [3.63, 3.8) is 0 Å². The molecule has 2 aliphatic heterocycles. The fourth-order valence-electron chi connectivity index (χ4n) is 6.28. The largest absolute Gasteiger partial charge is 1.00 e. The van der Waals surface area contributed by atoms with Gasteiger partial charge < -0.3 is 30.4 Å². The van der Waals surface area contributed by atoms with Crippen LogP contribution >= 0.6 is 0 Å². The summed E-state index contributed by atoms with van der Waals surface area (Å²) >= 11 is 0. The molecule has 0 fully saturated rings. The SMILES string of the molecule is O=S(=O)([O-])c1cc(NN2N=C(Nc3ccccc3)C=C(Nc3ccccc3)N2)ccc1/C=C/c1ccc(NN2N=C(Nc3ccccc3)C=C(Nc3ccccc3)N2)cc1S(=O)(=O)[O-].[Na+].[Na+]. The summed E-state index contributed by atoms with van der Waals surface area (Å²) in [5.74, 6) is 1.81. The van der Waals surface area contributed by atoms with Gasteiger partial charge in [0, 0.05) is 34.9 Å². The smallest absolute Gasteiger partial charge is 0.744 e. The van der Waals surface area contributed by atoms with Crippen molar-refractivity contribution >= 4 is 78.2 Å². The van der Waals surface area contributed by atoms with Crippen molar-refractivity contribution in [3.05, 3.63) is 193 Å². The predicted molar refractivity (Wildman–Crippen MR) is 246 cm³/mol. The zero-order valence-corrected chi connectivity index (χ0v) is 41.0. The quantitative estimate of drug-likeness (QED) is 0.0427. The van der Waals surface area contributed by atoms with Gasteiger partial charge in [-0.2, -0.15) is 0 Å².